The highest BCUT2D eigenvalue weighted by Gasteiger charge is 2.13. The lowest BCUT2D eigenvalue weighted by atomic mass is 10.1. The Morgan fingerprint density at radius 2 is 1.62 bits per heavy atom. The molecule has 0 bridgehead atoms. The van der Waals surface area contributed by atoms with Crippen LogP contribution in [0.1, 0.15) is 24.1 Å². The average molecular weight is 323 g/mol. The van der Waals surface area contributed by atoms with Crippen LogP contribution in [0, 0.1) is 6.92 Å². The van der Waals surface area contributed by atoms with Crippen molar-refractivity contribution in [2.75, 3.05) is 7.11 Å². The van der Waals surface area contributed by atoms with E-state index in [1.165, 1.54) is 18.2 Å². The van der Waals surface area contributed by atoms with Gasteiger partial charge in [-0.2, -0.15) is 0 Å². The first-order chi connectivity index (χ1) is 9.86. The number of nitrogens with two attached hydrogens (primary N) is 1. The monoisotopic (exact) mass is 323 g/mol. The number of hydrogen-bond donors (Lipinski definition) is 2. The summed E-state index contributed by atoms with van der Waals surface area (Å²) in [7, 11) is 1.42. The molecule has 2 rings (SSSR count). The molecule has 0 saturated heterocycles. The van der Waals surface area contributed by atoms with E-state index in [1.807, 2.05) is 25.1 Å². The standard InChI is InChI=1S/C9H13N.C7H9O2PS/c1-7-3-5-9(6-4-7)8(2)10;1-9-10(8,11)7-5-3-2-4-6-7/h3-6,8H,10H2,1-2H3;2-6H,1H3,(H,8,11)/t8-;/m1./s1. The summed E-state index contributed by atoms with van der Waals surface area (Å²) < 4.78 is 4.81. The van der Waals surface area contributed by atoms with Crippen LogP contribution >= 0.6 is 6.49 Å². The van der Waals surface area contributed by atoms with Crippen molar-refractivity contribution in [2.45, 2.75) is 19.9 Å². The molecule has 21 heavy (non-hydrogen) atoms. The van der Waals surface area contributed by atoms with E-state index in [1.54, 1.807) is 12.1 Å². The predicted octanol–water partition coefficient (Wildman–Crippen LogP) is 3.27. The molecule has 0 heterocycles. The maximum Gasteiger partial charge on any atom is 0.216 e. The molecular formula is C16H22NO2PS. The fourth-order valence-electron chi connectivity index (χ4n) is 1.59. The third kappa shape index (κ3) is 6.08. The molecule has 0 saturated carbocycles. The summed E-state index contributed by atoms with van der Waals surface area (Å²) in [5.41, 5.74) is 8.15. The molecule has 2 atom stereocenters. The zero-order valence-electron chi connectivity index (χ0n) is 12.6. The molecule has 3 nitrogen and oxygen atoms in total. The van der Waals surface area contributed by atoms with Crippen molar-refractivity contribution in [3.05, 3.63) is 65.7 Å². The molecule has 2 aromatic rings. The second-order valence-corrected chi connectivity index (χ2v) is 8.15. The van der Waals surface area contributed by atoms with Gasteiger partial charge < -0.3 is 15.2 Å². The van der Waals surface area contributed by atoms with Gasteiger partial charge in [0.15, 0.2) is 0 Å². The van der Waals surface area contributed by atoms with Gasteiger partial charge in [0.2, 0.25) is 6.49 Å². The van der Waals surface area contributed by atoms with Crippen molar-refractivity contribution >= 4 is 23.6 Å². The normalized spacial score (nSPS) is 14.5. The van der Waals surface area contributed by atoms with Gasteiger partial charge in [0.05, 0.1) is 0 Å². The van der Waals surface area contributed by atoms with Crippen LogP contribution in [0.15, 0.2) is 54.6 Å². The Labute approximate surface area is 131 Å². The fraction of sp³-hybridized carbons (Fsp3) is 0.250. The van der Waals surface area contributed by atoms with Gasteiger partial charge in [-0.25, -0.2) is 0 Å². The maximum atomic E-state index is 9.50. The third-order valence-electron chi connectivity index (χ3n) is 2.93. The van der Waals surface area contributed by atoms with E-state index in [0.29, 0.717) is 5.30 Å². The summed E-state index contributed by atoms with van der Waals surface area (Å²) >= 11 is 4.86. The number of hydrogen-bond acceptors (Lipinski definition) is 3. The zero-order chi connectivity index (χ0) is 15.9. The van der Waals surface area contributed by atoms with Crippen molar-refractivity contribution < 1.29 is 9.42 Å². The van der Waals surface area contributed by atoms with Gasteiger partial charge in [0, 0.05) is 18.5 Å². The van der Waals surface area contributed by atoms with Gasteiger partial charge in [-0.1, -0.05) is 48.0 Å². The minimum atomic E-state index is -2.69. The van der Waals surface area contributed by atoms with Crippen molar-refractivity contribution in [3.63, 3.8) is 0 Å². The smallest absolute Gasteiger partial charge is 0.216 e. The molecule has 5 heteroatoms. The summed E-state index contributed by atoms with van der Waals surface area (Å²) in [5.74, 6) is 0. The third-order valence-corrected chi connectivity index (χ3v) is 5.46. The Kier molecular flexibility index (Phi) is 7.23. The largest absolute Gasteiger partial charge is 0.342 e. The topological polar surface area (TPSA) is 55.5 Å². The molecule has 0 amide bonds. The first-order valence-corrected chi connectivity index (χ1v) is 9.30. The van der Waals surface area contributed by atoms with Crippen molar-refractivity contribution in [2.24, 2.45) is 5.73 Å². The molecule has 0 fully saturated rings. The zero-order valence-corrected chi connectivity index (χ0v) is 14.3. The van der Waals surface area contributed by atoms with E-state index < -0.39 is 6.49 Å². The van der Waals surface area contributed by atoms with E-state index >= 15 is 0 Å². The van der Waals surface area contributed by atoms with Crippen molar-refractivity contribution in [1.82, 2.24) is 0 Å². The summed E-state index contributed by atoms with van der Waals surface area (Å²) in [6, 6.07) is 17.5. The molecular weight excluding hydrogens is 301 g/mol. The van der Waals surface area contributed by atoms with E-state index in [9.17, 15) is 4.89 Å². The van der Waals surface area contributed by atoms with Crippen LogP contribution < -0.4 is 11.0 Å². The lowest BCUT2D eigenvalue weighted by Crippen LogP contribution is -2.04. The molecule has 0 aliphatic heterocycles. The molecule has 3 N–H and O–H groups in total. The second-order valence-electron chi connectivity index (χ2n) is 4.74. The van der Waals surface area contributed by atoms with Crippen LogP contribution in [0.25, 0.3) is 0 Å². The summed E-state index contributed by atoms with van der Waals surface area (Å²) in [6.07, 6.45) is 0. The van der Waals surface area contributed by atoms with Gasteiger partial charge in [-0.05, 0) is 43.4 Å². The molecule has 1 unspecified atom stereocenters. The number of benzene rings is 2. The molecule has 0 aliphatic rings. The van der Waals surface area contributed by atoms with E-state index in [4.69, 9.17) is 22.1 Å². The van der Waals surface area contributed by atoms with Crippen LogP contribution in [-0.4, -0.2) is 12.0 Å². The Balaban J connectivity index is 0.000000211. The lowest BCUT2D eigenvalue weighted by molar-refractivity contribution is 0.398. The Hall–Kier alpha value is -1.03. The van der Waals surface area contributed by atoms with Crippen molar-refractivity contribution in [3.8, 4) is 0 Å². The van der Waals surface area contributed by atoms with Gasteiger partial charge in [0.1, 0.15) is 0 Å². The highest BCUT2D eigenvalue weighted by atomic mass is 32.5. The Bertz CT molecular complexity index is 585. The molecule has 0 spiro atoms. The van der Waals surface area contributed by atoms with Gasteiger partial charge in [-0.3, -0.25) is 0 Å². The number of rotatable bonds is 3. The van der Waals surface area contributed by atoms with Crippen LogP contribution in [0.5, 0.6) is 0 Å². The molecule has 0 radical (unpaired) electrons. The lowest BCUT2D eigenvalue weighted by Gasteiger charge is -2.11. The first-order valence-electron chi connectivity index (χ1n) is 6.63. The fourth-order valence-corrected chi connectivity index (χ4v) is 2.72. The summed E-state index contributed by atoms with van der Waals surface area (Å²) in [4.78, 5) is 9.50. The Morgan fingerprint density at radius 1 is 1.10 bits per heavy atom. The van der Waals surface area contributed by atoms with Crippen LogP contribution in [0.2, 0.25) is 0 Å². The summed E-state index contributed by atoms with van der Waals surface area (Å²) in [6.45, 7) is 1.37. The average Bonchev–Trinajstić information content (AvgIpc) is 2.49. The second kappa shape index (κ2) is 8.42. The summed E-state index contributed by atoms with van der Waals surface area (Å²) in [5, 5.41) is 0.692. The van der Waals surface area contributed by atoms with Gasteiger partial charge >= 0.3 is 0 Å². The number of aryl methyl sites for hydroxylation is 1. The van der Waals surface area contributed by atoms with Gasteiger partial charge in [-0.15, -0.1) is 0 Å². The first kappa shape index (κ1) is 18.0. The van der Waals surface area contributed by atoms with E-state index in [0.717, 1.165) is 0 Å². The minimum absolute atomic E-state index is 0.153. The molecule has 2 aromatic carbocycles. The van der Waals surface area contributed by atoms with Crippen LogP contribution in [-0.2, 0) is 16.3 Å². The van der Waals surface area contributed by atoms with E-state index in [2.05, 4.69) is 31.2 Å². The Morgan fingerprint density at radius 3 is 2.05 bits per heavy atom. The highest BCUT2D eigenvalue weighted by molar-refractivity contribution is 8.13. The predicted molar refractivity (Wildman–Crippen MR) is 93.4 cm³/mol. The van der Waals surface area contributed by atoms with E-state index in [-0.39, 0.29) is 6.04 Å². The quantitative estimate of drug-likeness (QED) is 0.851. The molecule has 0 aromatic heterocycles. The highest BCUT2D eigenvalue weighted by Crippen LogP contribution is 2.39. The van der Waals surface area contributed by atoms with Crippen molar-refractivity contribution in [1.29, 1.82) is 0 Å². The van der Waals surface area contributed by atoms with Crippen LogP contribution in [0.4, 0.5) is 0 Å². The SMILES string of the molecule is COP(O)(=S)c1ccccc1.Cc1ccc([C@@H](C)N)cc1. The maximum absolute atomic E-state index is 9.50. The van der Waals surface area contributed by atoms with Crippen LogP contribution in [0.3, 0.4) is 0 Å². The molecule has 0 aliphatic carbocycles. The van der Waals surface area contributed by atoms with Gasteiger partial charge in [0.25, 0.3) is 0 Å². The minimum Gasteiger partial charge on any atom is -0.342 e. The molecule has 114 valence electrons.